The first kappa shape index (κ1) is 16.7. The van der Waals surface area contributed by atoms with Crippen LogP contribution in [0.2, 0.25) is 0 Å². The van der Waals surface area contributed by atoms with Crippen LogP contribution in [0.15, 0.2) is 72.8 Å². The summed E-state index contributed by atoms with van der Waals surface area (Å²) in [5, 5.41) is 13.1. The Morgan fingerprint density at radius 1 is 0.880 bits per heavy atom. The van der Waals surface area contributed by atoms with Gasteiger partial charge < -0.3 is 19.9 Å². The predicted molar refractivity (Wildman–Crippen MR) is 99.6 cm³/mol. The second kappa shape index (κ2) is 8.11. The third kappa shape index (κ3) is 4.67. The standard InChI is InChI=1S/C21H21NO3/c1-2-24-21-14-16(8-13-20(21)23)15-22-17-9-11-19(12-10-17)25-18-6-4-3-5-7-18/h3-14,22-23H,2,15H2,1H3. The minimum atomic E-state index is 0.160. The quantitative estimate of drug-likeness (QED) is 0.623. The van der Waals surface area contributed by atoms with Crippen molar-refractivity contribution in [2.24, 2.45) is 0 Å². The monoisotopic (exact) mass is 335 g/mol. The fraction of sp³-hybridized carbons (Fsp3) is 0.143. The molecule has 0 unspecified atom stereocenters. The van der Waals surface area contributed by atoms with E-state index in [4.69, 9.17) is 9.47 Å². The minimum absolute atomic E-state index is 0.160. The van der Waals surface area contributed by atoms with Crippen LogP contribution in [0.1, 0.15) is 12.5 Å². The lowest BCUT2D eigenvalue weighted by atomic mass is 10.2. The van der Waals surface area contributed by atoms with E-state index < -0.39 is 0 Å². The van der Waals surface area contributed by atoms with Gasteiger partial charge in [0, 0.05) is 12.2 Å². The molecule has 0 aliphatic carbocycles. The second-order valence-corrected chi connectivity index (χ2v) is 5.53. The highest BCUT2D eigenvalue weighted by molar-refractivity contribution is 5.49. The molecule has 0 aliphatic heterocycles. The van der Waals surface area contributed by atoms with Crippen molar-refractivity contribution in [1.82, 2.24) is 0 Å². The lowest BCUT2D eigenvalue weighted by molar-refractivity contribution is 0.318. The molecule has 4 nitrogen and oxygen atoms in total. The van der Waals surface area contributed by atoms with Gasteiger partial charge in [0.05, 0.1) is 6.61 Å². The lowest BCUT2D eigenvalue weighted by Crippen LogP contribution is -2.00. The van der Waals surface area contributed by atoms with Gasteiger partial charge >= 0.3 is 0 Å². The van der Waals surface area contributed by atoms with Crippen LogP contribution in [0.3, 0.4) is 0 Å². The summed E-state index contributed by atoms with van der Waals surface area (Å²) in [4.78, 5) is 0. The minimum Gasteiger partial charge on any atom is -0.504 e. The normalized spacial score (nSPS) is 10.3. The van der Waals surface area contributed by atoms with E-state index in [1.54, 1.807) is 6.07 Å². The molecule has 2 N–H and O–H groups in total. The third-order valence-corrected chi connectivity index (χ3v) is 3.65. The maximum absolute atomic E-state index is 9.74. The molecule has 25 heavy (non-hydrogen) atoms. The summed E-state index contributed by atoms with van der Waals surface area (Å²) in [5.41, 5.74) is 2.03. The zero-order valence-electron chi connectivity index (χ0n) is 14.1. The van der Waals surface area contributed by atoms with Crippen LogP contribution >= 0.6 is 0 Å². The average molecular weight is 335 g/mol. The van der Waals surface area contributed by atoms with E-state index in [9.17, 15) is 5.11 Å². The van der Waals surface area contributed by atoms with Gasteiger partial charge in [-0.15, -0.1) is 0 Å². The summed E-state index contributed by atoms with van der Waals surface area (Å²) in [5.74, 6) is 2.28. The number of hydrogen-bond donors (Lipinski definition) is 2. The Balaban J connectivity index is 1.59. The van der Waals surface area contributed by atoms with Crippen molar-refractivity contribution < 1.29 is 14.6 Å². The number of benzene rings is 3. The summed E-state index contributed by atoms with van der Waals surface area (Å²) in [6.07, 6.45) is 0. The first-order valence-corrected chi connectivity index (χ1v) is 8.26. The van der Waals surface area contributed by atoms with E-state index in [1.807, 2.05) is 73.7 Å². The van der Waals surface area contributed by atoms with Gasteiger partial charge in [-0.05, 0) is 61.0 Å². The van der Waals surface area contributed by atoms with Crippen molar-refractivity contribution in [1.29, 1.82) is 0 Å². The number of phenolic OH excluding ortho intramolecular Hbond substituents is 1. The highest BCUT2D eigenvalue weighted by Gasteiger charge is 2.04. The molecule has 0 aliphatic rings. The van der Waals surface area contributed by atoms with Crippen LogP contribution in [0, 0.1) is 0 Å². The Labute approximate surface area is 147 Å². The van der Waals surface area contributed by atoms with Crippen LogP contribution in [-0.2, 0) is 6.54 Å². The SMILES string of the molecule is CCOc1cc(CNc2ccc(Oc3ccccc3)cc2)ccc1O. The summed E-state index contributed by atoms with van der Waals surface area (Å²) in [7, 11) is 0. The first-order chi connectivity index (χ1) is 12.2. The van der Waals surface area contributed by atoms with Crippen molar-refractivity contribution in [3.05, 3.63) is 78.4 Å². The zero-order chi connectivity index (χ0) is 17.5. The number of hydrogen-bond acceptors (Lipinski definition) is 4. The molecule has 0 amide bonds. The highest BCUT2D eigenvalue weighted by atomic mass is 16.5. The Morgan fingerprint density at radius 3 is 2.32 bits per heavy atom. The molecule has 0 fully saturated rings. The molecule has 3 rings (SSSR count). The van der Waals surface area contributed by atoms with E-state index in [1.165, 1.54) is 0 Å². The number of anilines is 1. The van der Waals surface area contributed by atoms with Crippen molar-refractivity contribution in [3.63, 3.8) is 0 Å². The molecule has 0 atom stereocenters. The van der Waals surface area contributed by atoms with E-state index in [0.29, 0.717) is 18.9 Å². The van der Waals surface area contributed by atoms with Crippen molar-refractivity contribution in [2.45, 2.75) is 13.5 Å². The maximum Gasteiger partial charge on any atom is 0.161 e. The number of nitrogens with one attached hydrogen (secondary N) is 1. The molecule has 0 saturated heterocycles. The number of ether oxygens (including phenoxy) is 2. The molecule has 3 aromatic carbocycles. The van der Waals surface area contributed by atoms with Crippen molar-refractivity contribution in [3.8, 4) is 23.0 Å². The van der Waals surface area contributed by atoms with Crippen molar-refractivity contribution in [2.75, 3.05) is 11.9 Å². The summed E-state index contributed by atoms with van der Waals surface area (Å²) in [6.45, 7) is 3.05. The van der Waals surface area contributed by atoms with Crippen LogP contribution in [0.5, 0.6) is 23.0 Å². The largest absolute Gasteiger partial charge is 0.504 e. The molecular weight excluding hydrogens is 314 g/mol. The van der Waals surface area contributed by atoms with E-state index in [0.717, 1.165) is 22.7 Å². The second-order valence-electron chi connectivity index (χ2n) is 5.53. The molecule has 128 valence electrons. The molecule has 0 radical (unpaired) electrons. The number of rotatable bonds is 7. The average Bonchev–Trinajstić information content (AvgIpc) is 2.65. The van der Waals surface area contributed by atoms with Crippen LogP contribution < -0.4 is 14.8 Å². The van der Waals surface area contributed by atoms with E-state index in [-0.39, 0.29) is 5.75 Å². The number of para-hydroxylation sites is 1. The molecule has 0 spiro atoms. The highest BCUT2D eigenvalue weighted by Crippen LogP contribution is 2.27. The Hall–Kier alpha value is -3.14. The van der Waals surface area contributed by atoms with E-state index in [2.05, 4.69) is 5.32 Å². The summed E-state index contributed by atoms with van der Waals surface area (Å²) in [6, 6.07) is 22.9. The number of phenols is 1. The smallest absolute Gasteiger partial charge is 0.161 e. The fourth-order valence-electron chi connectivity index (χ4n) is 2.41. The zero-order valence-corrected chi connectivity index (χ0v) is 14.1. The topological polar surface area (TPSA) is 50.7 Å². The lowest BCUT2D eigenvalue weighted by Gasteiger charge is -2.11. The molecule has 3 aromatic rings. The molecule has 4 heteroatoms. The van der Waals surface area contributed by atoms with Gasteiger partial charge in [-0.3, -0.25) is 0 Å². The fourth-order valence-corrected chi connectivity index (χ4v) is 2.41. The Bertz CT molecular complexity index is 801. The van der Waals surface area contributed by atoms with Gasteiger partial charge in [0.2, 0.25) is 0 Å². The molecule has 0 saturated carbocycles. The Kier molecular flexibility index (Phi) is 5.42. The molecular formula is C21H21NO3. The molecule has 0 heterocycles. The third-order valence-electron chi connectivity index (χ3n) is 3.65. The van der Waals surface area contributed by atoms with E-state index >= 15 is 0 Å². The van der Waals surface area contributed by atoms with Gasteiger partial charge in [-0.1, -0.05) is 24.3 Å². The Morgan fingerprint density at radius 2 is 1.60 bits per heavy atom. The van der Waals surface area contributed by atoms with Crippen molar-refractivity contribution >= 4 is 5.69 Å². The van der Waals surface area contributed by atoms with Crippen LogP contribution in [0.25, 0.3) is 0 Å². The summed E-state index contributed by atoms with van der Waals surface area (Å²) >= 11 is 0. The van der Waals surface area contributed by atoms with Gasteiger partial charge in [0.1, 0.15) is 11.5 Å². The molecule has 0 bridgehead atoms. The van der Waals surface area contributed by atoms with Gasteiger partial charge in [-0.2, -0.15) is 0 Å². The predicted octanol–water partition coefficient (Wildman–Crippen LogP) is 5.20. The van der Waals surface area contributed by atoms with Gasteiger partial charge in [0.25, 0.3) is 0 Å². The maximum atomic E-state index is 9.74. The van der Waals surface area contributed by atoms with Gasteiger partial charge in [-0.25, -0.2) is 0 Å². The van der Waals surface area contributed by atoms with Gasteiger partial charge in [0.15, 0.2) is 11.5 Å². The molecule has 0 aromatic heterocycles. The number of aromatic hydroxyl groups is 1. The van der Waals surface area contributed by atoms with Crippen LogP contribution in [0.4, 0.5) is 5.69 Å². The van der Waals surface area contributed by atoms with Crippen LogP contribution in [-0.4, -0.2) is 11.7 Å². The first-order valence-electron chi connectivity index (χ1n) is 8.26. The summed E-state index contributed by atoms with van der Waals surface area (Å²) < 4.78 is 11.2.